The second kappa shape index (κ2) is 6.48. The molecule has 1 amide bonds. The number of carbonyl (C=O) groups is 1. The first-order valence-corrected chi connectivity index (χ1v) is 6.30. The smallest absolute Gasteiger partial charge is 0.252 e. The maximum Gasteiger partial charge on any atom is 0.252 e. The van der Waals surface area contributed by atoms with E-state index in [4.69, 9.17) is 5.26 Å². The average molecular weight is 269 g/mol. The zero-order valence-electron chi connectivity index (χ0n) is 11.2. The summed E-state index contributed by atoms with van der Waals surface area (Å²) in [5.41, 5.74) is 2.44. The molecule has 1 N–H and O–H groups in total. The first-order valence-electron chi connectivity index (χ1n) is 6.30. The Morgan fingerprint density at radius 1 is 1.45 bits per heavy atom. The van der Waals surface area contributed by atoms with E-state index < -0.39 is 0 Å². The van der Waals surface area contributed by atoms with Gasteiger partial charge in [0.15, 0.2) is 0 Å². The topological polar surface area (TPSA) is 83.6 Å². The predicted octanol–water partition coefficient (Wildman–Crippen LogP) is 0.817. The fourth-order valence-electron chi connectivity index (χ4n) is 1.85. The number of carbonyl (C=O) groups excluding carboxylic acids is 1. The molecule has 1 aromatic heterocycles. The Labute approximate surface area is 117 Å². The number of hydrogen-bond acceptors (Lipinski definition) is 4. The number of nitriles is 1. The summed E-state index contributed by atoms with van der Waals surface area (Å²) in [7, 11) is 0. The monoisotopic (exact) mass is 269 g/mol. The number of rotatable bonds is 5. The van der Waals surface area contributed by atoms with Crippen molar-refractivity contribution in [3.05, 3.63) is 47.5 Å². The lowest BCUT2D eigenvalue weighted by Gasteiger charge is -2.07. The number of hydrogen-bond donors (Lipinski definition) is 1. The number of nitrogens with zero attached hydrogens (tertiary/aromatic N) is 4. The third-order valence-electron chi connectivity index (χ3n) is 2.92. The molecule has 2 aromatic rings. The van der Waals surface area contributed by atoms with Crippen LogP contribution >= 0.6 is 0 Å². The summed E-state index contributed by atoms with van der Waals surface area (Å²) in [6.45, 7) is 2.70. The Bertz CT molecular complexity index is 641. The minimum Gasteiger partial charge on any atom is -0.354 e. The van der Waals surface area contributed by atoms with Crippen LogP contribution in [0.15, 0.2) is 30.6 Å². The lowest BCUT2D eigenvalue weighted by atomic mass is 10.1. The molecule has 0 atom stereocenters. The van der Waals surface area contributed by atoms with E-state index in [-0.39, 0.29) is 18.3 Å². The van der Waals surface area contributed by atoms with E-state index in [9.17, 15) is 4.79 Å². The number of aryl methyl sites for hydroxylation is 1. The molecule has 0 radical (unpaired) electrons. The molecule has 0 spiro atoms. The van der Waals surface area contributed by atoms with Gasteiger partial charge < -0.3 is 5.32 Å². The maximum absolute atomic E-state index is 11.7. The van der Waals surface area contributed by atoms with Gasteiger partial charge in [0, 0.05) is 6.54 Å². The Kier molecular flexibility index (Phi) is 4.45. The second-order valence-electron chi connectivity index (χ2n) is 4.40. The Balaban J connectivity index is 1.78. The Morgan fingerprint density at radius 2 is 2.25 bits per heavy atom. The Morgan fingerprint density at radius 3 is 2.95 bits per heavy atom. The minimum absolute atomic E-state index is 0.0673. The SMILES string of the molecule is Cc1ccccc1CCNC(=O)Cn1cnc(C#N)n1. The van der Waals surface area contributed by atoms with Gasteiger partial charge in [-0.15, -0.1) is 5.10 Å². The summed E-state index contributed by atoms with van der Waals surface area (Å²) in [6.07, 6.45) is 2.17. The van der Waals surface area contributed by atoms with E-state index in [2.05, 4.69) is 34.5 Å². The van der Waals surface area contributed by atoms with Gasteiger partial charge in [-0.05, 0) is 24.5 Å². The number of benzene rings is 1. The second-order valence-corrected chi connectivity index (χ2v) is 4.40. The van der Waals surface area contributed by atoms with Crippen LogP contribution in [0, 0.1) is 18.3 Å². The predicted molar refractivity (Wildman–Crippen MR) is 72.6 cm³/mol. The molecule has 102 valence electrons. The molecule has 0 fully saturated rings. The lowest BCUT2D eigenvalue weighted by molar-refractivity contribution is -0.121. The molecule has 6 heteroatoms. The first kappa shape index (κ1) is 13.7. The Hall–Kier alpha value is -2.68. The average Bonchev–Trinajstić information content (AvgIpc) is 2.88. The standard InChI is InChI=1S/C14H15N5O/c1-11-4-2-3-5-12(11)6-7-16-14(20)9-19-10-17-13(8-15)18-19/h2-5,10H,6-7,9H2,1H3,(H,16,20). The highest BCUT2D eigenvalue weighted by Gasteiger charge is 2.05. The van der Waals surface area contributed by atoms with Gasteiger partial charge in [-0.2, -0.15) is 5.26 Å². The van der Waals surface area contributed by atoms with E-state index in [1.54, 1.807) is 0 Å². The first-order chi connectivity index (χ1) is 9.69. The normalized spacial score (nSPS) is 10.0. The van der Waals surface area contributed by atoms with E-state index >= 15 is 0 Å². The molecule has 0 saturated carbocycles. The van der Waals surface area contributed by atoms with Crippen molar-refractivity contribution in [3.8, 4) is 6.07 Å². The summed E-state index contributed by atoms with van der Waals surface area (Å²) in [5, 5.41) is 15.2. The molecular weight excluding hydrogens is 254 g/mol. The van der Waals surface area contributed by atoms with E-state index in [1.807, 2.05) is 18.2 Å². The van der Waals surface area contributed by atoms with Gasteiger partial charge in [-0.1, -0.05) is 24.3 Å². The number of aromatic nitrogens is 3. The molecule has 0 aliphatic carbocycles. The van der Waals surface area contributed by atoms with Gasteiger partial charge in [-0.25, -0.2) is 9.67 Å². The van der Waals surface area contributed by atoms with Crippen LogP contribution in [0.2, 0.25) is 0 Å². The molecule has 0 aliphatic rings. The fraction of sp³-hybridized carbons (Fsp3) is 0.286. The molecule has 20 heavy (non-hydrogen) atoms. The van der Waals surface area contributed by atoms with Crippen LogP contribution in [0.3, 0.4) is 0 Å². The third kappa shape index (κ3) is 3.65. The minimum atomic E-state index is -0.145. The summed E-state index contributed by atoms with van der Waals surface area (Å²) >= 11 is 0. The number of amides is 1. The summed E-state index contributed by atoms with van der Waals surface area (Å²) in [6, 6.07) is 9.91. The third-order valence-corrected chi connectivity index (χ3v) is 2.92. The zero-order chi connectivity index (χ0) is 14.4. The van der Waals surface area contributed by atoms with Gasteiger partial charge in [0.05, 0.1) is 0 Å². The zero-order valence-corrected chi connectivity index (χ0v) is 11.2. The largest absolute Gasteiger partial charge is 0.354 e. The van der Waals surface area contributed by atoms with Crippen molar-refractivity contribution in [2.75, 3.05) is 6.54 Å². The highest BCUT2D eigenvalue weighted by molar-refractivity contribution is 5.75. The highest BCUT2D eigenvalue weighted by Crippen LogP contribution is 2.06. The van der Waals surface area contributed by atoms with Gasteiger partial charge in [-0.3, -0.25) is 4.79 Å². The highest BCUT2D eigenvalue weighted by atomic mass is 16.2. The van der Waals surface area contributed by atoms with Gasteiger partial charge in [0.25, 0.3) is 5.82 Å². The van der Waals surface area contributed by atoms with Crippen molar-refractivity contribution >= 4 is 5.91 Å². The van der Waals surface area contributed by atoms with E-state index in [0.717, 1.165) is 6.42 Å². The summed E-state index contributed by atoms with van der Waals surface area (Å²) in [4.78, 5) is 15.4. The van der Waals surface area contributed by atoms with Gasteiger partial charge >= 0.3 is 0 Å². The quantitative estimate of drug-likeness (QED) is 0.871. The van der Waals surface area contributed by atoms with E-state index in [0.29, 0.717) is 6.54 Å². The van der Waals surface area contributed by atoms with Gasteiger partial charge in [0.2, 0.25) is 5.91 Å². The molecule has 1 aromatic carbocycles. The molecule has 0 bridgehead atoms. The molecule has 0 saturated heterocycles. The molecule has 1 heterocycles. The number of nitrogens with one attached hydrogen (secondary N) is 1. The molecule has 2 rings (SSSR count). The van der Waals surface area contributed by atoms with Crippen LogP contribution in [0.4, 0.5) is 0 Å². The van der Waals surface area contributed by atoms with Crippen molar-refractivity contribution in [1.82, 2.24) is 20.1 Å². The van der Waals surface area contributed by atoms with Crippen LogP contribution < -0.4 is 5.32 Å². The summed E-state index contributed by atoms with van der Waals surface area (Å²) < 4.78 is 1.35. The van der Waals surface area contributed by atoms with Crippen LogP contribution in [-0.2, 0) is 17.8 Å². The van der Waals surface area contributed by atoms with Crippen LogP contribution in [0.5, 0.6) is 0 Å². The van der Waals surface area contributed by atoms with Gasteiger partial charge in [0.1, 0.15) is 18.9 Å². The van der Waals surface area contributed by atoms with Crippen molar-refractivity contribution in [3.63, 3.8) is 0 Å². The maximum atomic E-state index is 11.7. The van der Waals surface area contributed by atoms with E-state index in [1.165, 1.54) is 22.1 Å². The van der Waals surface area contributed by atoms with Crippen LogP contribution in [-0.4, -0.2) is 27.2 Å². The van der Waals surface area contributed by atoms with Crippen molar-refractivity contribution in [2.45, 2.75) is 19.9 Å². The molecule has 0 unspecified atom stereocenters. The van der Waals surface area contributed by atoms with Crippen molar-refractivity contribution in [1.29, 1.82) is 5.26 Å². The van der Waals surface area contributed by atoms with Crippen molar-refractivity contribution in [2.24, 2.45) is 0 Å². The summed E-state index contributed by atoms with van der Waals surface area (Å²) in [5.74, 6) is -0.0781. The molecule has 6 nitrogen and oxygen atoms in total. The molecule has 0 aliphatic heterocycles. The molecular formula is C14H15N5O. The van der Waals surface area contributed by atoms with Crippen molar-refractivity contribution < 1.29 is 4.79 Å². The lowest BCUT2D eigenvalue weighted by Crippen LogP contribution is -2.29. The van der Waals surface area contributed by atoms with Crippen LogP contribution in [0.1, 0.15) is 17.0 Å². The van der Waals surface area contributed by atoms with Crippen LogP contribution in [0.25, 0.3) is 0 Å². The fourth-order valence-corrected chi connectivity index (χ4v) is 1.85.